The van der Waals surface area contributed by atoms with Gasteiger partial charge < -0.3 is 11.1 Å². The summed E-state index contributed by atoms with van der Waals surface area (Å²) in [5, 5.41) is 3.56. The van der Waals surface area contributed by atoms with Gasteiger partial charge in [-0.05, 0) is 25.8 Å². The van der Waals surface area contributed by atoms with E-state index in [1.54, 1.807) is 0 Å². The summed E-state index contributed by atoms with van der Waals surface area (Å²) in [6.45, 7) is 9.06. The van der Waals surface area contributed by atoms with Gasteiger partial charge in [0.15, 0.2) is 0 Å². The van der Waals surface area contributed by atoms with E-state index in [0.29, 0.717) is 24.3 Å². The number of carbonyl (C=O) groups excluding carboxylic acids is 1. The summed E-state index contributed by atoms with van der Waals surface area (Å²) in [4.78, 5) is 11.6. The van der Waals surface area contributed by atoms with Crippen LogP contribution in [0.5, 0.6) is 0 Å². The van der Waals surface area contributed by atoms with Crippen molar-refractivity contribution in [3.05, 3.63) is 0 Å². The Kier molecular flexibility index (Phi) is 9.37. The highest BCUT2D eigenvalue weighted by Gasteiger charge is 2.17. The average Bonchev–Trinajstić information content (AvgIpc) is 2.27. The van der Waals surface area contributed by atoms with Gasteiger partial charge in [0, 0.05) is 24.4 Å². The van der Waals surface area contributed by atoms with E-state index >= 15 is 0 Å². The summed E-state index contributed by atoms with van der Waals surface area (Å²) in [6, 6.07) is 0.925. The summed E-state index contributed by atoms with van der Waals surface area (Å²) in [5.74, 6) is 0.550. The van der Waals surface area contributed by atoms with Gasteiger partial charge in [-0.15, -0.1) is 0 Å². The maximum atomic E-state index is 11.6. The molecule has 0 fully saturated rings. The molecule has 0 aliphatic heterocycles. The van der Waals surface area contributed by atoms with Crippen molar-refractivity contribution in [2.75, 3.05) is 6.54 Å². The number of nitrogens with one attached hydrogen (secondary N) is 1. The molecule has 0 saturated carbocycles. The Morgan fingerprint density at radius 1 is 1.24 bits per heavy atom. The molecule has 2 atom stereocenters. The van der Waals surface area contributed by atoms with Crippen LogP contribution in [-0.2, 0) is 4.79 Å². The Labute approximate surface area is 107 Å². The number of carbonyl (C=O) groups is 1. The third kappa shape index (κ3) is 8.33. The minimum Gasteiger partial charge on any atom is -0.330 e. The molecule has 0 radical (unpaired) electrons. The van der Waals surface area contributed by atoms with E-state index in [4.69, 9.17) is 5.73 Å². The molecule has 102 valence electrons. The van der Waals surface area contributed by atoms with Crippen molar-refractivity contribution in [1.29, 1.82) is 0 Å². The van der Waals surface area contributed by atoms with Crippen LogP contribution < -0.4 is 11.1 Å². The summed E-state index contributed by atoms with van der Waals surface area (Å²) in [5.41, 5.74) is 5.51. The number of hydrogen-bond donors (Lipinski definition) is 2. The van der Waals surface area contributed by atoms with Crippen LogP contribution in [0, 0.1) is 5.92 Å². The molecule has 0 amide bonds. The summed E-state index contributed by atoms with van der Waals surface area (Å²) in [6.07, 6.45) is 4.95. The molecule has 17 heavy (non-hydrogen) atoms. The van der Waals surface area contributed by atoms with Crippen LogP contribution in [0.15, 0.2) is 0 Å². The van der Waals surface area contributed by atoms with Crippen LogP contribution in [0.2, 0.25) is 0 Å². The second-order valence-electron chi connectivity index (χ2n) is 5.26. The number of hydrogen-bond acceptors (Lipinski definition) is 3. The molecule has 0 heterocycles. The first-order valence-corrected chi connectivity index (χ1v) is 7.00. The lowest BCUT2D eigenvalue weighted by molar-refractivity contribution is -0.122. The third-order valence-corrected chi connectivity index (χ3v) is 3.11. The molecule has 0 aliphatic carbocycles. The van der Waals surface area contributed by atoms with E-state index in [-0.39, 0.29) is 5.92 Å². The topological polar surface area (TPSA) is 55.1 Å². The zero-order valence-corrected chi connectivity index (χ0v) is 12.0. The molecule has 3 N–H and O–H groups in total. The highest BCUT2D eigenvalue weighted by Crippen LogP contribution is 2.14. The fraction of sp³-hybridized carbons (Fsp3) is 0.929. The Hall–Kier alpha value is -0.410. The van der Waals surface area contributed by atoms with Gasteiger partial charge in [0.25, 0.3) is 0 Å². The van der Waals surface area contributed by atoms with E-state index in [2.05, 4.69) is 19.2 Å². The number of unbranched alkanes of at least 4 members (excludes halogenated alkanes) is 1. The minimum absolute atomic E-state index is 0.175. The maximum absolute atomic E-state index is 11.6. The highest BCUT2D eigenvalue weighted by molar-refractivity contribution is 5.80. The number of nitrogens with two attached hydrogens (primary N) is 1. The van der Waals surface area contributed by atoms with E-state index in [1.807, 2.05) is 13.8 Å². The van der Waals surface area contributed by atoms with Gasteiger partial charge in [0.05, 0.1) is 0 Å². The van der Waals surface area contributed by atoms with Gasteiger partial charge in [0.1, 0.15) is 5.78 Å². The molecule has 0 saturated heterocycles. The molecule has 0 aromatic rings. The Morgan fingerprint density at radius 3 is 2.35 bits per heavy atom. The smallest absolute Gasteiger partial charge is 0.135 e. The van der Waals surface area contributed by atoms with Crippen LogP contribution in [0.3, 0.4) is 0 Å². The lowest BCUT2D eigenvalue weighted by Gasteiger charge is -2.24. The largest absolute Gasteiger partial charge is 0.330 e. The van der Waals surface area contributed by atoms with Crippen molar-refractivity contribution < 1.29 is 4.79 Å². The first-order chi connectivity index (χ1) is 8.01. The van der Waals surface area contributed by atoms with E-state index < -0.39 is 0 Å². The lowest BCUT2D eigenvalue weighted by Crippen LogP contribution is -2.37. The molecule has 0 spiro atoms. The average molecular weight is 242 g/mol. The predicted octanol–water partition coefficient (Wildman–Crippen LogP) is 2.49. The van der Waals surface area contributed by atoms with E-state index in [0.717, 1.165) is 32.2 Å². The van der Waals surface area contributed by atoms with Gasteiger partial charge in [-0.2, -0.15) is 0 Å². The quantitative estimate of drug-likeness (QED) is 0.579. The SMILES string of the molecule is CCC(=O)C(C)CC(CCCCN)NC(C)C. The molecule has 0 rings (SSSR count). The van der Waals surface area contributed by atoms with Gasteiger partial charge in [-0.3, -0.25) is 4.79 Å². The van der Waals surface area contributed by atoms with Crippen molar-refractivity contribution in [2.24, 2.45) is 11.7 Å². The highest BCUT2D eigenvalue weighted by atomic mass is 16.1. The second-order valence-corrected chi connectivity index (χ2v) is 5.26. The molecule has 0 aromatic heterocycles. The normalized spacial score (nSPS) is 14.9. The summed E-state index contributed by atoms with van der Waals surface area (Å²) < 4.78 is 0. The molecular weight excluding hydrogens is 212 g/mol. The zero-order chi connectivity index (χ0) is 13.3. The van der Waals surface area contributed by atoms with Crippen LogP contribution >= 0.6 is 0 Å². The minimum atomic E-state index is 0.175. The predicted molar refractivity (Wildman–Crippen MR) is 74.0 cm³/mol. The standard InChI is InChI=1S/C14H30N2O/c1-5-14(17)12(4)10-13(16-11(2)3)8-6-7-9-15/h11-13,16H,5-10,15H2,1-4H3. The third-order valence-electron chi connectivity index (χ3n) is 3.11. The number of Topliss-reactive ketones (excluding diaryl/α,β-unsaturated/α-hetero) is 1. The van der Waals surface area contributed by atoms with Crippen LogP contribution in [0.4, 0.5) is 0 Å². The zero-order valence-electron chi connectivity index (χ0n) is 12.0. The van der Waals surface area contributed by atoms with Crippen LogP contribution in [-0.4, -0.2) is 24.4 Å². The molecule has 0 aromatic carbocycles. The Morgan fingerprint density at radius 2 is 1.88 bits per heavy atom. The van der Waals surface area contributed by atoms with Gasteiger partial charge in [-0.25, -0.2) is 0 Å². The molecule has 2 unspecified atom stereocenters. The van der Waals surface area contributed by atoms with Crippen molar-refractivity contribution in [2.45, 2.75) is 71.9 Å². The molecular formula is C14H30N2O. The number of ketones is 1. The monoisotopic (exact) mass is 242 g/mol. The lowest BCUT2D eigenvalue weighted by atomic mass is 9.93. The van der Waals surface area contributed by atoms with Crippen molar-refractivity contribution in [3.8, 4) is 0 Å². The Balaban J connectivity index is 4.12. The van der Waals surface area contributed by atoms with Crippen molar-refractivity contribution in [3.63, 3.8) is 0 Å². The summed E-state index contributed by atoms with van der Waals surface area (Å²) >= 11 is 0. The second kappa shape index (κ2) is 9.60. The van der Waals surface area contributed by atoms with Crippen LogP contribution in [0.25, 0.3) is 0 Å². The van der Waals surface area contributed by atoms with Gasteiger partial charge in [-0.1, -0.05) is 34.1 Å². The maximum Gasteiger partial charge on any atom is 0.135 e. The van der Waals surface area contributed by atoms with E-state index in [9.17, 15) is 4.79 Å². The van der Waals surface area contributed by atoms with Crippen molar-refractivity contribution in [1.82, 2.24) is 5.32 Å². The van der Waals surface area contributed by atoms with Gasteiger partial charge in [0.2, 0.25) is 0 Å². The van der Waals surface area contributed by atoms with Gasteiger partial charge >= 0.3 is 0 Å². The fourth-order valence-electron chi connectivity index (χ4n) is 2.18. The molecule has 0 aliphatic rings. The molecule has 3 heteroatoms. The fourth-order valence-corrected chi connectivity index (χ4v) is 2.18. The van der Waals surface area contributed by atoms with Crippen LogP contribution in [0.1, 0.15) is 59.8 Å². The number of rotatable bonds is 10. The van der Waals surface area contributed by atoms with Crippen molar-refractivity contribution >= 4 is 5.78 Å². The van der Waals surface area contributed by atoms with E-state index in [1.165, 1.54) is 0 Å². The molecule has 3 nitrogen and oxygen atoms in total. The molecule has 0 bridgehead atoms. The Bertz CT molecular complexity index is 204. The first kappa shape index (κ1) is 16.6. The first-order valence-electron chi connectivity index (χ1n) is 7.00. The summed E-state index contributed by atoms with van der Waals surface area (Å²) in [7, 11) is 0.